The molecule has 1 saturated heterocycles. The van der Waals surface area contributed by atoms with Crippen molar-refractivity contribution in [2.75, 3.05) is 32.8 Å². The summed E-state index contributed by atoms with van der Waals surface area (Å²) in [6.07, 6.45) is 0.551. The molecule has 2 aromatic rings. The van der Waals surface area contributed by atoms with E-state index in [9.17, 15) is 14.4 Å². The summed E-state index contributed by atoms with van der Waals surface area (Å²) in [6, 6.07) is 7.30. The van der Waals surface area contributed by atoms with Gasteiger partial charge in [0.05, 0.1) is 0 Å². The highest BCUT2D eigenvalue weighted by Gasteiger charge is 2.37. The zero-order valence-electron chi connectivity index (χ0n) is 19.3. The van der Waals surface area contributed by atoms with Crippen LogP contribution in [0.2, 0.25) is 0 Å². The summed E-state index contributed by atoms with van der Waals surface area (Å²) in [5, 5.41) is 0. The van der Waals surface area contributed by atoms with Gasteiger partial charge in [-0.15, -0.1) is 0 Å². The Bertz CT molecular complexity index is 1130. The van der Waals surface area contributed by atoms with E-state index in [1.165, 1.54) is 0 Å². The van der Waals surface area contributed by atoms with Crippen molar-refractivity contribution in [3.8, 4) is 11.5 Å². The summed E-state index contributed by atoms with van der Waals surface area (Å²) in [4.78, 5) is 45.6. The molecular weight excluding hydrogens is 422 g/mol. The summed E-state index contributed by atoms with van der Waals surface area (Å²) in [7, 11) is 0. The molecule has 1 aliphatic carbocycles. The van der Waals surface area contributed by atoms with E-state index in [0.717, 1.165) is 17.7 Å². The number of nitrogens with one attached hydrogen (secondary N) is 1. The Morgan fingerprint density at radius 1 is 1.03 bits per heavy atom. The van der Waals surface area contributed by atoms with E-state index in [2.05, 4.69) is 18.8 Å². The van der Waals surface area contributed by atoms with Crippen LogP contribution in [0.25, 0.3) is 0 Å². The number of aromatic nitrogens is 1. The minimum atomic E-state index is -0.686. The standard InChI is InChI=1S/C25H29N3O5/c1-15-21-16(12-25(2,3)13-17(21)29)26-22(15)24(31)28-10-8-27(9-11-28)23(30)20-14-32-18-6-4-5-7-19(18)33-20/h4-7,20,26H,8-14H2,1-3H3/t20-/m0/s1. The van der Waals surface area contributed by atoms with Crippen LogP contribution in [0, 0.1) is 12.3 Å². The second kappa shape index (κ2) is 7.93. The van der Waals surface area contributed by atoms with Crippen molar-refractivity contribution >= 4 is 17.6 Å². The largest absolute Gasteiger partial charge is 0.485 e. The molecule has 3 heterocycles. The molecule has 8 nitrogen and oxygen atoms in total. The van der Waals surface area contributed by atoms with Crippen molar-refractivity contribution in [3.05, 3.63) is 46.8 Å². The lowest BCUT2D eigenvalue weighted by Gasteiger charge is -2.37. The van der Waals surface area contributed by atoms with Gasteiger partial charge in [0.25, 0.3) is 11.8 Å². The van der Waals surface area contributed by atoms with Crippen LogP contribution in [-0.4, -0.2) is 71.3 Å². The van der Waals surface area contributed by atoms with Gasteiger partial charge in [-0.05, 0) is 36.5 Å². The van der Waals surface area contributed by atoms with Gasteiger partial charge in [0.15, 0.2) is 17.3 Å². The Balaban J connectivity index is 1.24. The Hall–Kier alpha value is -3.29. The fourth-order valence-electron chi connectivity index (χ4n) is 5.08. The number of rotatable bonds is 2. The van der Waals surface area contributed by atoms with Crippen LogP contribution < -0.4 is 9.47 Å². The van der Waals surface area contributed by atoms with Crippen LogP contribution in [0.4, 0.5) is 0 Å². The molecule has 0 unspecified atom stereocenters. The van der Waals surface area contributed by atoms with Gasteiger partial charge in [0, 0.05) is 43.9 Å². The first kappa shape index (κ1) is 21.6. The topological polar surface area (TPSA) is 91.9 Å². The average Bonchev–Trinajstić information content (AvgIpc) is 3.13. The maximum Gasteiger partial charge on any atom is 0.270 e. The molecule has 2 amide bonds. The summed E-state index contributed by atoms with van der Waals surface area (Å²) >= 11 is 0. The lowest BCUT2D eigenvalue weighted by Crippen LogP contribution is -2.55. The quantitative estimate of drug-likeness (QED) is 0.758. The molecule has 1 N–H and O–H groups in total. The molecule has 1 aromatic carbocycles. The van der Waals surface area contributed by atoms with Crippen LogP contribution in [0.15, 0.2) is 24.3 Å². The number of para-hydroxylation sites is 2. The molecule has 8 heteroatoms. The van der Waals surface area contributed by atoms with E-state index in [1.54, 1.807) is 15.9 Å². The highest BCUT2D eigenvalue weighted by atomic mass is 16.6. The molecule has 1 atom stereocenters. The molecule has 0 saturated carbocycles. The molecule has 5 rings (SSSR count). The van der Waals surface area contributed by atoms with Gasteiger partial charge < -0.3 is 24.3 Å². The third-order valence-electron chi connectivity index (χ3n) is 6.78. The number of nitrogens with zero attached hydrogens (tertiary/aromatic N) is 2. The fourth-order valence-corrected chi connectivity index (χ4v) is 5.08. The Kier molecular flexibility index (Phi) is 5.18. The predicted octanol–water partition coefficient (Wildman–Crippen LogP) is 2.60. The summed E-state index contributed by atoms with van der Waals surface area (Å²) in [5.74, 6) is 1.06. The van der Waals surface area contributed by atoms with Crippen molar-refractivity contribution in [3.63, 3.8) is 0 Å². The highest BCUT2D eigenvalue weighted by molar-refractivity contribution is 6.04. The maximum absolute atomic E-state index is 13.3. The number of carbonyl (C=O) groups excluding carboxylic acids is 3. The van der Waals surface area contributed by atoms with Gasteiger partial charge in [0.2, 0.25) is 6.10 Å². The van der Waals surface area contributed by atoms with E-state index in [4.69, 9.17) is 9.47 Å². The zero-order chi connectivity index (χ0) is 23.3. The number of ketones is 1. The summed E-state index contributed by atoms with van der Waals surface area (Å²) < 4.78 is 11.5. The van der Waals surface area contributed by atoms with Crippen LogP contribution in [-0.2, 0) is 11.2 Å². The van der Waals surface area contributed by atoms with E-state index in [-0.39, 0.29) is 29.6 Å². The molecule has 0 spiro atoms. The number of benzene rings is 1. The molecular formula is C25H29N3O5. The van der Waals surface area contributed by atoms with E-state index in [0.29, 0.717) is 55.4 Å². The van der Waals surface area contributed by atoms with Crippen molar-refractivity contribution < 1.29 is 23.9 Å². The van der Waals surface area contributed by atoms with E-state index >= 15 is 0 Å². The van der Waals surface area contributed by atoms with Gasteiger partial charge in [-0.3, -0.25) is 14.4 Å². The van der Waals surface area contributed by atoms with Crippen molar-refractivity contribution in [2.24, 2.45) is 5.41 Å². The molecule has 2 aliphatic heterocycles. The fraction of sp³-hybridized carbons (Fsp3) is 0.480. The number of aromatic amines is 1. The van der Waals surface area contributed by atoms with Gasteiger partial charge in [-0.2, -0.15) is 0 Å². The molecule has 0 radical (unpaired) electrons. The lowest BCUT2D eigenvalue weighted by molar-refractivity contribution is -0.142. The monoisotopic (exact) mass is 451 g/mol. The Morgan fingerprint density at radius 2 is 1.70 bits per heavy atom. The summed E-state index contributed by atoms with van der Waals surface area (Å²) in [5.41, 5.74) is 2.66. The smallest absolute Gasteiger partial charge is 0.270 e. The first-order valence-corrected chi connectivity index (χ1v) is 11.4. The van der Waals surface area contributed by atoms with Crippen LogP contribution in [0.3, 0.4) is 0 Å². The average molecular weight is 452 g/mol. The number of amides is 2. The van der Waals surface area contributed by atoms with Crippen molar-refractivity contribution in [1.82, 2.24) is 14.8 Å². The number of carbonyl (C=O) groups is 3. The minimum absolute atomic E-state index is 0.0979. The molecule has 174 valence electrons. The predicted molar refractivity (Wildman–Crippen MR) is 121 cm³/mol. The molecule has 1 aromatic heterocycles. The second-order valence-electron chi connectivity index (χ2n) is 9.90. The van der Waals surface area contributed by atoms with Crippen molar-refractivity contribution in [1.29, 1.82) is 0 Å². The first-order chi connectivity index (χ1) is 15.7. The van der Waals surface area contributed by atoms with E-state index < -0.39 is 6.10 Å². The van der Waals surface area contributed by atoms with Crippen LogP contribution in [0.5, 0.6) is 11.5 Å². The van der Waals surface area contributed by atoms with Gasteiger partial charge in [-0.1, -0.05) is 26.0 Å². The van der Waals surface area contributed by atoms with Gasteiger partial charge >= 0.3 is 0 Å². The number of fused-ring (bicyclic) bond motifs is 2. The lowest BCUT2D eigenvalue weighted by atomic mass is 9.75. The van der Waals surface area contributed by atoms with E-state index in [1.807, 2.05) is 25.1 Å². The maximum atomic E-state index is 13.3. The second-order valence-corrected chi connectivity index (χ2v) is 9.90. The number of piperazine rings is 1. The zero-order valence-corrected chi connectivity index (χ0v) is 19.3. The Morgan fingerprint density at radius 3 is 2.42 bits per heavy atom. The number of Topliss-reactive ketones (excluding diaryl/α,β-unsaturated/α-hetero) is 1. The number of H-pyrrole nitrogens is 1. The third-order valence-corrected chi connectivity index (χ3v) is 6.78. The number of hydrogen-bond donors (Lipinski definition) is 1. The molecule has 1 fully saturated rings. The Labute approximate surface area is 192 Å². The van der Waals surface area contributed by atoms with Crippen LogP contribution in [0.1, 0.15) is 52.4 Å². The SMILES string of the molecule is Cc1c(C(=O)N2CCN(C(=O)[C@@H]3COc4ccccc4O3)CC2)[nH]c2c1C(=O)CC(C)(C)C2. The van der Waals surface area contributed by atoms with Gasteiger partial charge in [-0.25, -0.2) is 0 Å². The minimum Gasteiger partial charge on any atom is -0.485 e. The highest BCUT2D eigenvalue weighted by Crippen LogP contribution is 2.37. The normalized spacial score (nSPS) is 21.5. The first-order valence-electron chi connectivity index (χ1n) is 11.4. The number of hydrogen-bond acceptors (Lipinski definition) is 5. The van der Waals surface area contributed by atoms with Crippen molar-refractivity contribution in [2.45, 2.75) is 39.7 Å². The number of ether oxygens (including phenoxy) is 2. The molecule has 0 bridgehead atoms. The molecule has 33 heavy (non-hydrogen) atoms. The van der Waals surface area contributed by atoms with Gasteiger partial charge in [0.1, 0.15) is 12.3 Å². The van der Waals surface area contributed by atoms with Crippen LogP contribution >= 0.6 is 0 Å². The molecule has 3 aliphatic rings. The summed E-state index contributed by atoms with van der Waals surface area (Å²) in [6.45, 7) is 7.87. The third kappa shape index (κ3) is 3.87.